The van der Waals surface area contributed by atoms with Gasteiger partial charge in [0.05, 0.1) is 24.1 Å². The van der Waals surface area contributed by atoms with Crippen molar-refractivity contribution in [2.24, 2.45) is 0 Å². The summed E-state index contributed by atoms with van der Waals surface area (Å²) < 4.78 is 1.64. The molecule has 2 N–H and O–H groups in total. The predicted molar refractivity (Wildman–Crippen MR) is 75.0 cm³/mol. The lowest BCUT2D eigenvalue weighted by atomic mass is 10.3. The van der Waals surface area contributed by atoms with E-state index in [1.54, 1.807) is 17.1 Å². The third kappa shape index (κ3) is 3.57. The maximum absolute atomic E-state index is 11.6. The first kappa shape index (κ1) is 12.7. The van der Waals surface area contributed by atoms with Crippen LogP contribution in [0.3, 0.4) is 0 Å². The average Bonchev–Trinajstić information content (AvgIpc) is 3.15. The lowest BCUT2D eigenvalue weighted by Crippen LogP contribution is -2.29. The molecule has 0 aliphatic heterocycles. The molecular weight excluding hydrogens is 254 g/mol. The summed E-state index contributed by atoms with van der Waals surface area (Å²) in [5.74, 6) is 0.0203. The molecule has 0 aromatic carbocycles. The van der Waals surface area contributed by atoms with Gasteiger partial charge in [-0.2, -0.15) is 5.10 Å². The van der Waals surface area contributed by atoms with Crippen molar-refractivity contribution in [2.75, 3.05) is 5.32 Å². The van der Waals surface area contributed by atoms with Gasteiger partial charge >= 0.3 is 0 Å². The molecule has 6 nitrogen and oxygen atoms in total. The highest BCUT2D eigenvalue weighted by atomic mass is 16.2. The Labute approximate surface area is 117 Å². The third-order valence-corrected chi connectivity index (χ3v) is 3.08. The van der Waals surface area contributed by atoms with Crippen LogP contribution in [0.5, 0.6) is 0 Å². The molecule has 1 saturated carbocycles. The fourth-order valence-corrected chi connectivity index (χ4v) is 1.88. The van der Waals surface area contributed by atoms with Gasteiger partial charge in [-0.15, -0.1) is 0 Å². The van der Waals surface area contributed by atoms with Gasteiger partial charge in [0.1, 0.15) is 6.54 Å². The number of pyridine rings is 1. The number of hydrogen-bond donors (Lipinski definition) is 2. The Bertz CT molecular complexity index is 576. The lowest BCUT2D eigenvalue weighted by molar-refractivity contribution is -0.122. The van der Waals surface area contributed by atoms with Gasteiger partial charge in [0.2, 0.25) is 5.91 Å². The molecule has 20 heavy (non-hydrogen) atoms. The molecule has 0 spiro atoms. The van der Waals surface area contributed by atoms with Crippen LogP contribution in [0.15, 0.2) is 36.8 Å². The van der Waals surface area contributed by atoms with Gasteiger partial charge in [-0.1, -0.05) is 6.07 Å². The minimum Gasteiger partial charge on any atom is -0.377 e. The van der Waals surface area contributed by atoms with Gasteiger partial charge in [-0.25, -0.2) is 0 Å². The second-order valence-corrected chi connectivity index (χ2v) is 4.94. The number of aromatic nitrogens is 3. The average molecular weight is 271 g/mol. The van der Waals surface area contributed by atoms with Gasteiger partial charge in [0.25, 0.3) is 0 Å². The zero-order valence-corrected chi connectivity index (χ0v) is 11.1. The topological polar surface area (TPSA) is 71.8 Å². The Morgan fingerprint density at radius 1 is 1.40 bits per heavy atom. The summed E-state index contributed by atoms with van der Waals surface area (Å²) in [7, 11) is 0. The van der Waals surface area contributed by atoms with Crippen LogP contribution in [-0.4, -0.2) is 26.7 Å². The highest BCUT2D eigenvalue weighted by Crippen LogP contribution is 2.18. The molecule has 1 fully saturated rings. The zero-order valence-electron chi connectivity index (χ0n) is 11.1. The van der Waals surface area contributed by atoms with Crippen molar-refractivity contribution in [2.45, 2.75) is 32.0 Å². The minimum absolute atomic E-state index is 0.0203. The molecule has 0 bridgehead atoms. The van der Waals surface area contributed by atoms with E-state index in [9.17, 15) is 4.79 Å². The molecule has 2 aromatic rings. The molecule has 0 unspecified atom stereocenters. The molecule has 1 amide bonds. The van der Waals surface area contributed by atoms with Crippen LogP contribution < -0.4 is 10.6 Å². The number of amides is 1. The largest absolute Gasteiger partial charge is 0.377 e. The number of hydrogen-bond acceptors (Lipinski definition) is 4. The minimum atomic E-state index is 0.0203. The molecule has 0 saturated heterocycles. The van der Waals surface area contributed by atoms with Gasteiger partial charge < -0.3 is 10.6 Å². The third-order valence-electron chi connectivity index (χ3n) is 3.08. The summed E-state index contributed by atoms with van der Waals surface area (Å²) in [5, 5.41) is 10.3. The van der Waals surface area contributed by atoms with E-state index in [1.165, 1.54) is 0 Å². The van der Waals surface area contributed by atoms with Crippen LogP contribution in [0.25, 0.3) is 0 Å². The van der Waals surface area contributed by atoms with E-state index >= 15 is 0 Å². The summed E-state index contributed by atoms with van der Waals surface area (Å²) in [4.78, 5) is 15.9. The van der Waals surface area contributed by atoms with E-state index in [4.69, 9.17) is 0 Å². The van der Waals surface area contributed by atoms with Crippen molar-refractivity contribution >= 4 is 11.6 Å². The zero-order chi connectivity index (χ0) is 13.8. The summed E-state index contributed by atoms with van der Waals surface area (Å²) in [6.07, 6.45) is 7.51. The van der Waals surface area contributed by atoms with E-state index < -0.39 is 0 Å². The smallest absolute Gasteiger partial charge is 0.241 e. The molecule has 1 aliphatic carbocycles. The Morgan fingerprint density at radius 3 is 3.05 bits per heavy atom. The van der Waals surface area contributed by atoms with E-state index in [0.717, 1.165) is 24.2 Å². The van der Waals surface area contributed by atoms with Crippen LogP contribution in [0, 0.1) is 0 Å². The van der Waals surface area contributed by atoms with Crippen LogP contribution in [-0.2, 0) is 17.9 Å². The number of carbonyl (C=O) groups is 1. The van der Waals surface area contributed by atoms with Crippen molar-refractivity contribution in [3.63, 3.8) is 0 Å². The van der Waals surface area contributed by atoms with Crippen molar-refractivity contribution < 1.29 is 4.79 Å². The fraction of sp³-hybridized carbons (Fsp3) is 0.357. The van der Waals surface area contributed by atoms with Gasteiger partial charge in [-0.3, -0.25) is 14.5 Å². The monoisotopic (exact) mass is 271 g/mol. The number of carbonyl (C=O) groups excluding carboxylic acids is 1. The number of anilines is 1. The van der Waals surface area contributed by atoms with Crippen LogP contribution >= 0.6 is 0 Å². The SMILES string of the molecule is O=C(Cn1cc(NCc2ccccn2)cn1)NC1CC1. The molecule has 104 valence electrons. The second-order valence-electron chi connectivity index (χ2n) is 4.94. The highest BCUT2D eigenvalue weighted by molar-refractivity contribution is 5.76. The second kappa shape index (κ2) is 5.73. The summed E-state index contributed by atoms with van der Waals surface area (Å²) in [6, 6.07) is 6.19. The van der Waals surface area contributed by atoms with Gasteiger partial charge in [0, 0.05) is 18.4 Å². The number of nitrogens with zero attached hydrogens (tertiary/aromatic N) is 3. The Hall–Kier alpha value is -2.37. The summed E-state index contributed by atoms with van der Waals surface area (Å²) >= 11 is 0. The van der Waals surface area contributed by atoms with Gasteiger partial charge in [-0.05, 0) is 25.0 Å². The van der Waals surface area contributed by atoms with E-state index in [1.807, 2.05) is 24.4 Å². The molecule has 2 aromatic heterocycles. The quantitative estimate of drug-likeness (QED) is 0.827. The van der Waals surface area contributed by atoms with Crippen molar-refractivity contribution in [1.29, 1.82) is 0 Å². The highest BCUT2D eigenvalue weighted by Gasteiger charge is 2.23. The molecule has 0 atom stereocenters. The van der Waals surface area contributed by atoms with Crippen molar-refractivity contribution in [3.05, 3.63) is 42.5 Å². The molecular formula is C14H17N5O. The van der Waals surface area contributed by atoms with Crippen molar-refractivity contribution in [1.82, 2.24) is 20.1 Å². The number of rotatable bonds is 6. The Kier molecular flexibility index (Phi) is 3.62. The molecule has 3 rings (SSSR count). The van der Waals surface area contributed by atoms with Crippen LogP contribution in [0.1, 0.15) is 18.5 Å². The Balaban J connectivity index is 1.49. The van der Waals surface area contributed by atoms with Gasteiger partial charge in [0.15, 0.2) is 0 Å². The van der Waals surface area contributed by atoms with E-state index in [0.29, 0.717) is 12.6 Å². The normalized spacial score (nSPS) is 14.0. The maximum Gasteiger partial charge on any atom is 0.241 e. The Morgan fingerprint density at radius 2 is 2.30 bits per heavy atom. The summed E-state index contributed by atoms with van der Waals surface area (Å²) in [6.45, 7) is 0.905. The molecule has 2 heterocycles. The molecule has 0 radical (unpaired) electrons. The maximum atomic E-state index is 11.6. The molecule has 1 aliphatic rings. The first-order valence-corrected chi connectivity index (χ1v) is 6.75. The first-order valence-electron chi connectivity index (χ1n) is 6.75. The summed E-state index contributed by atoms with van der Waals surface area (Å²) in [5.41, 5.74) is 1.85. The predicted octanol–water partition coefficient (Wildman–Crippen LogP) is 1.17. The van der Waals surface area contributed by atoms with Crippen molar-refractivity contribution in [3.8, 4) is 0 Å². The standard InChI is InChI=1S/C14H17N5O/c20-14(18-11-4-5-11)10-19-9-13(8-17-19)16-7-12-3-1-2-6-15-12/h1-3,6,8-9,11,16H,4-5,7,10H2,(H,18,20). The lowest BCUT2D eigenvalue weighted by Gasteiger charge is -2.03. The fourth-order valence-electron chi connectivity index (χ4n) is 1.88. The van der Waals surface area contributed by atoms with E-state index in [2.05, 4.69) is 20.7 Å². The van der Waals surface area contributed by atoms with Crippen LogP contribution in [0.4, 0.5) is 5.69 Å². The first-order chi connectivity index (χ1) is 9.79. The van der Waals surface area contributed by atoms with E-state index in [-0.39, 0.29) is 12.5 Å². The number of nitrogens with one attached hydrogen (secondary N) is 2. The van der Waals surface area contributed by atoms with Crippen LogP contribution in [0.2, 0.25) is 0 Å². The molecule has 6 heteroatoms.